The second-order valence-corrected chi connectivity index (χ2v) is 17.3. The summed E-state index contributed by atoms with van der Waals surface area (Å²) >= 11 is 0. The van der Waals surface area contributed by atoms with E-state index in [0.29, 0.717) is 0 Å². The van der Waals surface area contributed by atoms with Gasteiger partial charge in [-0.3, -0.25) is 0 Å². The zero-order valence-electron chi connectivity index (χ0n) is 34.8. The van der Waals surface area contributed by atoms with Gasteiger partial charge in [-0.2, -0.15) is 0 Å². The highest BCUT2D eigenvalue weighted by Crippen LogP contribution is 2.42. The number of para-hydroxylation sites is 3. The molecule has 0 unspecified atom stereocenters. The van der Waals surface area contributed by atoms with E-state index in [-0.39, 0.29) is 0 Å². The standard InChI is InChI=1S/C62H38N2/c1-2-13-45(14-3-1)63-59-20-10-8-18-53(59)57-36-40(26-32-61(57)63)41-27-33-62-58(37-41)54-19-9-11-21-60(54)64(62)46-28-31-49-44(35-46)23-22-42-34-43(25-29-48(42)49)55-38-56-47-15-5-4-12-39(47)24-30-52(56)50-16-6-7-17-51(50)55/h1-38H. The molecule has 0 spiro atoms. The predicted octanol–water partition coefficient (Wildman–Crippen LogP) is 17.0. The van der Waals surface area contributed by atoms with E-state index in [1.807, 2.05) is 0 Å². The lowest BCUT2D eigenvalue weighted by Gasteiger charge is -2.14. The Kier molecular flexibility index (Phi) is 7.43. The molecule has 0 bridgehead atoms. The molecule has 0 atom stereocenters. The van der Waals surface area contributed by atoms with E-state index in [1.54, 1.807) is 0 Å². The molecule has 0 saturated carbocycles. The monoisotopic (exact) mass is 810 g/mol. The molecular weight excluding hydrogens is 773 g/mol. The van der Waals surface area contributed by atoms with Crippen LogP contribution < -0.4 is 0 Å². The molecule has 0 aliphatic heterocycles. The van der Waals surface area contributed by atoms with E-state index in [1.165, 1.54) is 125 Å². The summed E-state index contributed by atoms with van der Waals surface area (Å²) in [5.41, 5.74) is 12.1. The van der Waals surface area contributed by atoms with Crippen LogP contribution >= 0.6 is 0 Å². The van der Waals surface area contributed by atoms with Crippen molar-refractivity contribution in [2.24, 2.45) is 0 Å². The van der Waals surface area contributed by atoms with Crippen LogP contribution in [0.2, 0.25) is 0 Å². The zero-order chi connectivity index (χ0) is 41.9. The van der Waals surface area contributed by atoms with Gasteiger partial charge in [-0.15, -0.1) is 0 Å². The third-order valence-corrected chi connectivity index (χ3v) is 13.8. The van der Waals surface area contributed by atoms with Crippen molar-refractivity contribution in [3.05, 3.63) is 231 Å². The molecule has 0 saturated heterocycles. The summed E-state index contributed by atoms with van der Waals surface area (Å²) in [6.07, 6.45) is 0. The lowest BCUT2D eigenvalue weighted by Crippen LogP contribution is -1.94. The molecule has 0 amide bonds. The first kappa shape index (κ1) is 35.2. The first-order chi connectivity index (χ1) is 31.7. The first-order valence-corrected chi connectivity index (χ1v) is 22.2. The summed E-state index contributed by atoms with van der Waals surface area (Å²) in [6.45, 7) is 0. The Morgan fingerprint density at radius 2 is 0.672 bits per heavy atom. The largest absolute Gasteiger partial charge is 0.309 e. The van der Waals surface area contributed by atoms with Crippen molar-refractivity contribution in [3.63, 3.8) is 0 Å². The lowest BCUT2D eigenvalue weighted by atomic mass is 9.90. The molecule has 14 aromatic rings. The predicted molar refractivity (Wildman–Crippen MR) is 274 cm³/mol. The summed E-state index contributed by atoms with van der Waals surface area (Å²) in [5, 5.41) is 17.7. The Morgan fingerprint density at radius 3 is 1.38 bits per heavy atom. The molecule has 2 nitrogen and oxygen atoms in total. The molecule has 0 fully saturated rings. The van der Waals surface area contributed by atoms with Crippen molar-refractivity contribution >= 4 is 97.5 Å². The van der Waals surface area contributed by atoms with Crippen LogP contribution in [0.25, 0.3) is 131 Å². The number of aromatic nitrogens is 2. The summed E-state index contributed by atoms with van der Waals surface area (Å²) in [7, 11) is 0. The van der Waals surface area contributed by atoms with Crippen molar-refractivity contribution in [3.8, 4) is 33.6 Å². The normalized spacial score (nSPS) is 12.1. The average Bonchev–Trinajstić information content (AvgIpc) is 3.88. The van der Waals surface area contributed by atoms with Gasteiger partial charge in [-0.1, -0.05) is 158 Å². The Labute approximate surface area is 369 Å². The van der Waals surface area contributed by atoms with Crippen LogP contribution in [0, 0.1) is 0 Å². The van der Waals surface area contributed by atoms with Gasteiger partial charge < -0.3 is 9.13 Å². The summed E-state index contributed by atoms with van der Waals surface area (Å²) in [5.74, 6) is 0. The molecule has 2 heterocycles. The lowest BCUT2D eigenvalue weighted by molar-refractivity contribution is 1.18. The quantitative estimate of drug-likeness (QED) is 0.157. The Bertz CT molecular complexity index is 4240. The van der Waals surface area contributed by atoms with Gasteiger partial charge in [0.05, 0.1) is 22.1 Å². The van der Waals surface area contributed by atoms with Crippen molar-refractivity contribution in [1.82, 2.24) is 9.13 Å². The number of hydrogen-bond acceptors (Lipinski definition) is 0. The summed E-state index contributed by atoms with van der Waals surface area (Å²) < 4.78 is 4.82. The second-order valence-electron chi connectivity index (χ2n) is 17.3. The number of hydrogen-bond donors (Lipinski definition) is 0. The smallest absolute Gasteiger partial charge is 0.0541 e. The third kappa shape index (κ3) is 5.14. The minimum atomic E-state index is 1.16. The minimum absolute atomic E-state index is 1.16. The van der Waals surface area contributed by atoms with Crippen LogP contribution in [-0.4, -0.2) is 9.13 Å². The molecule has 0 aliphatic carbocycles. The summed E-state index contributed by atoms with van der Waals surface area (Å²) in [4.78, 5) is 0. The molecule has 0 radical (unpaired) electrons. The van der Waals surface area contributed by atoms with E-state index in [0.717, 1.165) is 5.69 Å². The third-order valence-electron chi connectivity index (χ3n) is 13.8. The van der Waals surface area contributed by atoms with Crippen LogP contribution in [0.15, 0.2) is 231 Å². The topological polar surface area (TPSA) is 9.86 Å². The van der Waals surface area contributed by atoms with Crippen LogP contribution in [0.1, 0.15) is 0 Å². The fraction of sp³-hybridized carbons (Fsp3) is 0. The van der Waals surface area contributed by atoms with Crippen molar-refractivity contribution < 1.29 is 0 Å². The van der Waals surface area contributed by atoms with Crippen LogP contribution in [0.3, 0.4) is 0 Å². The fourth-order valence-electron chi connectivity index (χ4n) is 10.9. The van der Waals surface area contributed by atoms with E-state index >= 15 is 0 Å². The molecule has 0 aliphatic rings. The van der Waals surface area contributed by atoms with E-state index < -0.39 is 0 Å². The Balaban J connectivity index is 0.878. The highest BCUT2D eigenvalue weighted by atomic mass is 15.0. The van der Waals surface area contributed by atoms with Gasteiger partial charge >= 0.3 is 0 Å². The number of benzene rings is 12. The van der Waals surface area contributed by atoms with Gasteiger partial charge in [0.15, 0.2) is 0 Å². The van der Waals surface area contributed by atoms with Gasteiger partial charge in [0.1, 0.15) is 0 Å². The maximum atomic E-state index is 2.44. The number of rotatable bonds is 4. The number of fused-ring (bicyclic) bond motifs is 14. The molecule has 2 heteroatoms. The molecule has 2 aromatic heterocycles. The Hall–Kier alpha value is -8.46. The van der Waals surface area contributed by atoms with E-state index in [9.17, 15) is 0 Å². The van der Waals surface area contributed by atoms with E-state index in [4.69, 9.17) is 0 Å². The van der Waals surface area contributed by atoms with Crippen LogP contribution in [0.4, 0.5) is 0 Å². The summed E-state index contributed by atoms with van der Waals surface area (Å²) in [6, 6.07) is 85.4. The van der Waals surface area contributed by atoms with Gasteiger partial charge in [0, 0.05) is 32.9 Å². The van der Waals surface area contributed by atoms with Gasteiger partial charge in [0.2, 0.25) is 0 Å². The van der Waals surface area contributed by atoms with Crippen LogP contribution in [-0.2, 0) is 0 Å². The second kappa shape index (κ2) is 13.5. The fourth-order valence-corrected chi connectivity index (χ4v) is 10.9. The highest BCUT2D eigenvalue weighted by Gasteiger charge is 2.17. The molecule has 0 N–H and O–H groups in total. The molecular formula is C62H38N2. The number of nitrogens with zero attached hydrogens (tertiary/aromatic N) is 2. The molecule has 296 valence electrons. The van der Waals surface area contributed by atoms with Gasteiger partial charge in [0.25, 0.3) is 0 Å². The minimum Gasteiger partial charge on any atom is -0.309 e. The van der Waals surface area contributed by atoms with Gasteiger partial charge in [-0.25, -0.2) is 0 Å². The van der Waals surface area contributed by atoms with Crippen LogP contribution in [0.5, 0.6) is 0 Å². The molecule has 12 aromatic carbocycles. The SMILES string of the molecule is c1ccc(-n2c3ccccc3c3cc(-c4ccc5c(c4)c4ccccc4n5-c4ccc5c(ccc6cc(-c7cc8c9ccccc9ccc8c8ccccc78)ccc65)c4)ccc32)cc1. The van der Waals surface area contributed by atoms with E-state index in [2.05, 4.69) is 240 Å². The maximum Gasteiger partial charge on any atom is 0.0541 e. The highest BCUT2D eigenvalue weighted by molar-refractivity contribution is 6.22. The van der Waals surface area contributed by atoms with Gasteiger partial charge in [-0.05, 0) is 149 Å². The van der Waals surface area contributed by atoms with Crippen molar-refractivity contribution in [1.29, 1.82) is 0 Å². The average molecular weight is 811 g/mol. The Morgan fingerprint density at radius 1 is 0.203 bits per heavy atom. The van der Waals surface area contributed by atoms with Crippen molar-refractivity contribution in [2.75, 3.05) is 0 Å². The zero-order valence-corrected chi connectivity index (χ0v) is 34.8. The van der Waals surface area contributed by atoms with Crippen molar-refractivity contribution in [2.45, 2.75) is 0 Å². The first-order valence-electron chi connectivity index (χ1n) is 22.2. The molecule has 14 rings (SSSR count). The molecule has 64 heavy (non-hydrogen) atoms. The maximum absolute atomic E-state index is 2.44.